The summed E-state index contributed by atoms with van der Waals surface area (Å²) in [7, 11) is 2.15. The normalized spacial score (nSPS) is 13.3. The molecule has 1 aliphatic heterocycles. The zero-order valence-corrected chi connectivity index (χ0v) is 35.3. The molecule has 4 aromatic heterocycles. The molecule has 0 spiro atoms. The van der Waals surface area contributed by atoms with Crippen LogP contribution in [0, 0.1) is 11.3 Å². The molecule has 0 bridgehead atoms. The van der Waals surface area contributed by atoms with Crippen LogP contribution in [-0.4, -0.2) is 28.7 Å². The van der Waals surface area contributed by atoms with Crippen LogP contribution in [0.3, 0.4) is 0 Å². The summed E-state index contributed by atoms with van der Waals surface area (Å²) in [6.45, 7) is 4.68. The van der Waals surface area contributed by atoms with E-state index >= 15 is 0 Å². The maximum atomic E-state index is 10.6. The van der Waals surface area contributed by atoms with E-state index in [1.807, 2.05) is 12.1 Å². The van der Waals surface area contributed by atoms with Gasteiger partial charge < -0.3 is 9.47 Å². The summed E-state index contributed by atoms with van der Waals surface area (Å²) in [5, 5.41) is 17.4. The van der Waals surface area contributed by atoms with Crippen molar-refractivity contribution < 1.29 is 0 Å². The highest BCUT2D eigenvalue weighted by molar-refractivity contribution is 6.14. The van der Waals surface area contributed by atoms with Gasteiger partial charge in [0.25, 0.3) is 0 Å². The van der Waals surface area contributed by atoms with Crippen molar-refractivity contribution >= 4 is 82.5 Å². The Morgan fingerprint density at radius 3 is 1.52 bits per heavy atom. The summed E-state index contributed by atoms with van der Waals surface area (Å²) >= 11 is 0. The van der Waals surface area contributed by atoms with E-state index in [-0.39, 0.29) is 5.41 Å². The van der Waals surface area contributed by atoms with Crippen LogP contribution in [-0.2, 0) is 12.5 Å². The minimum atomic E-state index is -0.362. The van der Waals surface area contributed by atoms with Crippen molar-refractivity contribution in [3.63, 3.8) is 0 Å². The molecule has 8 aromatic carbocycles. The molecule has 0 amide bonds. The van der Waals surface area contributed by atoms with Crippen LogP contribution >= 0.6 is 0 Å². The molecule has 8 heteroatoms. The summed E-state index contributed by atoms with van der Waals surface area (Å²) in [5.41, 5.74) is 12.6. The fourth-order valence-corrected chi connectivity index (χ4v) is 10.7. The molecule has 0 aliphatic carbocycles. The summed E-state index contributed by atoms with van der Waals surface area (Å²) < 4.78 is 6.59. The van der Waals surface area contributed by atoms with Crippen molar-refractivity contribution in [2.24, 2.45) is 7.05 Å². The molecule has 0 saturated carbocycles. The third-order valence-electron chi connectivity index (χ3n) is 13.5. The average molecular weight is 823 g/mol. The van der Waals surface area contributed by atoms with Gasteiger partial charge in [-0.05, 0) is 77.9 Å². The highest BCUT2D eigenvalue weighted by atomic mass is 15.3. The third kappa shape index (κ3) is 4.89. The number of hydrogen-bond donors (Lipinski definition) is 0. The lowest BCUT2D eigenvalue weighted by atomic mass is 9.72. The number of aromatic nitrogens is 6. The quantitative estimate of drug-likeness (QED) is 0.177. The van der Waals surface area contributed by atoms with E-state index in [0.717, 1.165) is 60.7 Å². The second kappa shape index (κ2) is 13.2. The zero-order chi connectivity index (χ0) is 42.8. The van der Waals surface area contributed by atoms with E-state index in [9.17, 15) is 5.26 Å². The van der Waals surface area contributed by atoms with Gasteiger partial charge in [0.2, 0.25) is 11.9 Å². The first-order valence-corrected chi connectivity index (χ1v) is 21.6. The van der Waals surface area contributed by atoms with Crippen LogP contribution in [0.25, 0.3) is 88.7 Å². The number of hydrogen-bond acceptors (Lipinski definition) is 5. The van der Waals surface area contributed by atoms with Gasteiger partial charge in [-0.3, -0.25) is 9.13 Å². The summed E-state index contributed by atoms with van der Waals surface area (Å²) in [6, 6.07) is 63.8. The minimum absolute atomic E-state index is 0.362. The molecule has 0 atom stereocenters. The maximum absolute atomic E-state index is 10.6. The van der Waals surface area contributed by atoms with Gasteiger partial charge in [0.05, 0.1) is 50.8 Å². The zero-order valence-electron chi connectivity index (χ0n) is 35.3. The Hall–Kier alpha value is -8.54. The SMILES string of the molecule is Cn1c2ccccc2c2c3c(ccc21)N(c1ccc(C#N)cc1-c1nc(-n2c4ccccc4c4ccccc42)nc(-n2c4ccccc4c4ccccc42)n1)c1ccccc1C3(C)C. The van der Waals surface area contributed by atoms with Gasteiger partial charge in [0, 0.05) is 61.4 Å². The van der Waals surface area contributed by atoms with E-state index in [4.69, 9.17) is 15.0 Å². The van der Waals surface area contributed by atoms with E-state index in [1.54, 1.807) is 0 Å². The molecular weight excluding hydrogens is 785 g/mol. The van der Waals surface area contributed by atoms with Gasteiger partial charge in [0.15, 0.2) is 5.82 Å². The van der Waals surface area contributed by atoms with Gasteiger partial charge >= 0.3 is 0 Å². The topological polar surface area (TPSA) is 80.5 Å². The first-order valence-electron chi connectivity index (χ1n) is 21.6. The number of para-hydroxylation sites is 6. The molecule has 5 heterocycles. The average Bonchev–Trinajstić information content (AvgIpc) is 3.97. The lowest BCUT2D eigenvalue weighted by Crippen LogP contribution is -2.31. The number of nitrogens with zero attached hydrogens (tertiary/aromatic N) is 8. The smallest absolute Gasteiger partial charge is 0.240 e. The van der Waals surface area contributed by atoms with E-state index in [2.05, 4.69) is 209 Å². The predicted octanol–water partition coefficient (Wildman–Crippen LogP) is 13.4. The Morgan fingerprint density at radius 2 is 0.953 bits per heavy atom. The van der Waals surface area contributed by atoms with Crippen molar-refractivity contribution in [1.82, 2.24) is 28.7 Å². The molecule has 0 fully saturated rings. The first kappa shape index (κ1) is 36.1. The molecule has 8 nitrogen and oxygen atoms in total. The predicted molar refractivity (Wildman–Crippen MR) is 259 cm³/mol. The summed E-state index contributed by atoms with van der Waals surface area (Å²) in [4.78, 5) is 18.7. The third-order valence-corrected chi connectivity index (χ3v) is 13.5. The standard InChI is InChI=1S/C56H38N8/c1-56(2)41-21-9-15-27-48(41)62(50-31-30-49-51(52(50)56)39-20-8-10-22-42(39)61(49)3)47-29-28-34(33-57)32-40(47)53-58-54(63-43-23-11-4-16-35(43)36-17-5-12-24-44(36)63)60-55(59-53)64-45-25-13-6-18-37(45)38-19-7-14-26-46(38)64/h4-32H,1-3H3. The Morgan fingerprint density at radius 1 is 0.469 bits per heavy atom. The van der Waals surface area contributed by atoms with Crippen molar-refractivity contribution in [2.75, 3.05) is 4.90 Å². The molecule has 0 saturated heterocycles. The number of nitriles is 1. The molecule has 302 valence electrons. The molecule has 0 unspecified atom stereocenters. The summed E-state index contributed by atoms with van der Waals surface area (Å²) in [6.07, 6.45) is 0. The molecule has 1 aliphatic rings. The van der Waals surface area contributed by atoms with E-state index in [0.29, 0.717) is 28.8 Å². The Balaban J connectivity index is 1.15. The molecule has 0 radical (unpaired) electrons. The van der Waals surface area contributed by atoms with Crippen molar-refractivity contribution in [1.29, 1.82) is 5.26 Å². The Bertz CT molecular complexity index is 3750. The minimum Gasteiger partial charge on any atom is -0.344 e. The van der Waals surface area contributed by atoms with Crippen LogP contribution in [0.5, 0.6) is 0 Å². The molecule has 0 N–H and O–H groups in total. The second-order valence-electron chi connectivity index (χ2n) is 17.2. The molecule has 12 aromatic rings. The van der Waals surface area contributed by atoms with Crippen LogP contribution in [0.15, 0.2) is 176 Å². The van der Waals surface area contributed by atoms with Gasteiger partial charge in [-0.15, -0.1) is 0 Å². The van der Waals surface area contributed by atoms with Crippen LogP contribution in [0.2, 0.25) is 0 Å². The second-order valence-corrected chi connectivity index (χ2v) is 17.2. The van der Waals surface area contributed by atoms with Crippen molar-refractivity contribution in [2.45, 2.75) is 19.3 Å². The summed E-state index contributed by atoms with van der Waals surface area (Å²) in [5.74, 6) is 1.40. The fraction of sp³-hybridized carbons (Fsp3) is 0.0714. The van der Waals surface area contributed by atoms with Crippen molar-refractivity contribution in [3.05, 3.63) is 193 Å². The van der Waals surface area contributed by atoms with E-state index < -0.39 is 0 Å². The van der Waals surface area contributed by atoms with Gasteiger partial charge in [-0.1, -0.05) is 123 Å². The Labute approximate surface area is 368 Å². The van der Waals surface area contributed by atoms with Gasteiger partial charge in [-0.2, -0.15) is 20.2 Å². The molecular formula is C56H38N8. The largest absolute Gasteiger partial charge is 0.344 e. The highest BCUT2D eigenvalue weighted by Crippen LogP contribution is 2.56. The van der Waals surface area contributed by atoms with Gasteiger partial charge in [-0.25, -0.2) is 0 Å². The van der Waals surface area contributed by atoms with E-state index in [1.165, 1.54) is 32.9 Å². The van der Waals surface area contributed by atoms with Gasteiger partial charge in [0.1, 0.15) is 0 Å². The molecule has 13 rings (SSSR count). The first-order chi connectivity index (χ1) is 31.4. The maximum Gasteiger partial charge on any atom is 0.240 e. The number of anilines is 3. The van der Waals surface area contributed by atoms with Crippen molar-refractivity contribution in [3.8, 4) is 29.4 Å². The fourth-order valence-electron chi connectivity index (χ4n) is 10.7. The number of aryl methyl sites for hydroxylation is 1. The van der Waals surface area contributed by atoms with Crippen LogP contribution < -0.4 is 4.90 Å². The van der Waals surface area contributed by atoms with Crippen LogP contribution in [0.4, 0.5) is 17.1 Å². The monoisotopic (exact) mass is 822 g/mol. The lowest BCUT2D eigenvalue weighted by Gasteiger charge is -2.43. The Kier molecular flexibility index (Phi) is 7.47. The molecule has 64 heavy (non-hydrogen) atoms. The number of benzene rings is 8. The lowest BCUT2D eigenvalue weighted by molar-refractivity contribution is 0.638. The number of fused-ring (bicyclic) bond motifs is 12. The highest BCUT2D eigenvalue weighted by Gasteiger charge is 2.40. The van der Waals surface area contributed by atoms with Crippen LogP contribution in [0.1, 0.15) is 30.5 Å². The number of rotatable bonds is 4.